The van der Waals surface area contributed by atoms with Crippen LogP contribution in [0.5, 0.6) is 0 Å². The number of carbonyl (C=O) groups excluding carboxylic acids is 3. The van der Waals surface area contributed by atoms with E-state index in [1.807, 2.05) is 25.3 Å². The number of ether oxygens (including phenoxy) is 1. The van der Waals surface area contributed by atoms with E-state index in [1.54, 1.807) is 21.5 Å². The van der Waals surface area contributed by atoms with Gasteiger partial charge < -0.3 is 15.4 Å². The SMILES string of the molecule is CCn1nccc1C(=O)N[C@H](c1cn2nc(CC3(C(=O)OC)CC4(CC4)NC3=O)ccc2n1)C(C1CC1)C1CC1. The molecule has 0 radical (unpaired) electrons. The molecule has 210 valence electrons. The van der Waals surface area contributed by atoms with Crippen LogP contribution in [-0.2, 0) is 27.3 Å². The lowest BCUT2D eigenvalue weighted by molar-refractivity contribution is -0.157. The Morgan fingerprint density at radius 3 is 2.55 bits per heavy atom. The monoisotopic (exact) mass is 545 g/mol. The quantitative estimate of drug-likeness (QED) is 0.296. The Balaban J connectivity index is 1.21. The third kappa shape index (κ3) is 4.26. The van der Waals surface area contributed by atoms with Gasteiger partial charge in [0.15, 0.2) is 11.1 Å². The predicted octanol–water partition coefficient (Wildman–Crippen LogP) is 2.61. The van der Waals surface area contributed by atoms with Crippen LogP contribution < -0.4 is 10.6 Å². The normalized spacial score (nSPS) is 23.9. The molecule has 4 fully saturated rings. The zero-order chi connectivity index (χ0) is 27.6. The van der Waals surface area contributed by atoms with E-state index in [0.29, 0.717) is 47.8 Å². The Morgan fingerprint density at radius 2 is 1.93 bits per heavy atom. The summed E-state index contributed by atoms with van der Waals surface area (Å²) in [5.41, 5.74) is 1.03. The number of aromatic nitrogens is 5. The molecule has 7 rings (SSSR count). The minimum atomic E-state index is -1.28. The van der Waals surface area contributed by atoms with Crippen molar-refractivity contribution in [1.29, 1.82) is 0 Å². The lowest BCUT2D eigenvalue weighted by atomic mass is 9.79. The van der Waals surface area contributed by atoms with E-state index in [2.05, 4.69) is 15.7 Å². The second kappa shape index (κ2) is 9.14. The van der Waals surface area contributed by atoms with E-state index in [1.165, 1.54) is 32.8 Å². The fraction of sp³-hybridized carbons (Fsp3) is 0.586. The summed E-state index contributed by atoms with van der Waals surface area (Å²) in [5, 5.41) is 15.4. The standard InChI is InChI=1S/C29H35N7O4/c1-3-35-21(10-13-30-35)25(37)32-24(23(17-4-5-17)18-6-7-18)20-15-36-22(31-20)9-8-19(34-36)14-29(27(39)40-2)16-28(11-12-28)33-26(29)38/h8-10,13,15,17-18,23-24H,3-7,11-12,14,16H2,1-2H3,(H,32,37)(H,33,38)/t24-,29?/m1/s1. The largest absolute Gasteiger partial charge is 0.468 e. The van der Waals surface area contributed by atoms with Crippen LogP contribution in [0.3, 0.4) is 0 Å². The van der Waals surface area contributed by atoms with Crippen LogP contribution in [0.15, 0.2) is 30.6 Å². The molecule has 3 aromatic heterocycles. The molecule has 40 heavy (non-hydrogen) atoms. The van der Waals surface area contributed by atoms with E-state index in [-0.39, 0.29) is 29.8 Å². The highest BCUT2D eigenvalue weighted by Crippen LogP contribution is 2.54. The molecule has 3 saturated carbocycles. The number of nitrogens with zero attached hydrogens (tertiary/aromatic N) is 5. The number of methoxy groups -OCH3 is 1. The van der Waals surface area contributed by atoms with Crippen molar-refractivity contribution in [1.82, 2.24) is 35.0 Å². The molecular formula is C29H35N7O4. The first-order valence-electron chi connectivity index (χ1n) is 14.4. The highest BCUT2D eigenvalue weighted by Gasteiger charge is 2.64. The summed E-state index contributed by atoms with van der Waals surface area (Å²) in [4.78, 5) is 44.3. The van der Waals surface area contributed by atoms with Gasteiger partial charge in [0.1, 0.15) is 5.69 Å². The molecule has 2 atom stereocenters. The van der Waals surface area contributed by atoms with Gasteiger partial charge in [0.05, 0.1) is 30.7 Å². The number of carbonyl (C=O) groups is 3. The number of esters is 1. The summed E-state index contributed by atoms with van der Waals surface area (Å²) in [6.45, 7) is 2.58. The van der Waals surface area contributed by atoms with Crippen LogP contribution in [0, 0.1) is 23.2 Å². The smallest absolute Gasteiger partial charge is 0.321 e. The summed E-state index contributed by atoms with van der Waals surface area (Å²) < 4.78 is 8.51. The Labute approximate surface area is 232 Å². The second-order valence-corrected chi connectivity index (χ2v) is 12.2. The number of imidazole rings is 1. The Bertz CT molecular complexity index is 1490. The second-order valence-electron chi connectivity index (χ2n) is 12.2. The van der Waals surface area contributed by atoms with E-state index in [9.17, 15) is 14.4 Å². The molecule has 4 aliphatic rings. The average Bonchev–Trinajstić information content (AvgIpc) is 3.91. The third-order valence-electron chi connectivity index (χ3n) is 9.33. The van der Waals surface area contributed by atoms with Gasteiger partial charge in [-0.3, -0.25) is 19.1 Å². The highest BCUT2D eigenvalue weighted by molar-refractivity contribution is 6.05. The van der Waals surface area contributed by atoms with Gasteiger partial charge in [0, 0.05) is 24.7 Å². The van der Waals surface area contributed by atoms with Crippen LogP contribution in [0.2, 0.25) is 0 Å². The van der Waals surface area contributed by atoms with Crippen molar-refractivity contribution < 1.29 is 19.1 Å². The molecule has 11 nitrogen and oxygen atoms in total. The molecule has 0 bridgehead atoms. The molecule has 1 saturated heterocycles. The number of amides is 2. The molecule has 2 N–H and O–H groups in total. The topological polar surface area (TPSA) is 133 Å². The van der Waals surface area contributed by atoms with E-state index in [4.69, 9.17) is 14.8 Å². The average molecular weight is 546 g/mol. The van der Waals surface area contributed by atoms with Crippen molar-refractivity contribution in [2.75, 3.05) is 7.11 Å². The van der Waals surface area contributed by atoms with E-state index in [0.717, 1.165) is 18.5 Å². The Morgan fingerprint density at radius 1 is 1.18 bits per heavy atom. The van der Waals surface area contributed by atoms with Gasteiger partial charge in [-0.05, 0) is 87.8 Å². The maximum atomic E-state index is 13.4. The van der Waals surface area contributed by atoms with Crippen molar-refractivity contribution in [3.8, 4) is 0 Å². The Kier molecular flexibility index (Phi) is 5.76. The number of rotatable bonds is 10. The zero-order valence-corrected chi connectivity index (χ0v) is 22.9. The number of nitrogens with one attached hydrogen (secondary N) is 2. The first-order chi connectivity index (χ1) is 19.3. The maximum absolute atomic E-state index is 13.4. The molecule has 2 amide bonds. The lowest BCUT2D eigenvalue weighted by Gasteiger charge is -2.27. The minimum absolute atomic E-state index is 0.150. The van der Waals surface area contributed by atoms with E-state index < -0.39 is 11.4 Å². The molecule has 4 heterocycles. The van der Waals surface area contributed by atoms with Crippen LogP contribution in [-0.4, -0.2) is 54.8 Å². The first-order valence-corrected chi connectivity index (χ1v) is 14.4. The van der Waals surface area contributed by atoms with Crippen LogP contribution >= 0.6 is 0 Å². The van der Waals surface area contributed by atoms with Crippen molar-refractivity contribution in [2.45, 2.75) is 76.4 Å². The fourth-order valence-electron chi connectivity index (χ4n) is 6.84. The van der Waals surface area contributed by atoms with Gasteiger partial charge in [-0.2, -0.15) is 10.2 Å². The maximum Gasteiger partial charge on any atom is 0.321 e. The zero-order valence-electron chi connectivity index (χ0n) is 22.9. The fourth-order valence-corrected chi connectivity index (χ4v) is 6.84. The van der Waals surface area contributed by atoms with Crippen LogP contribution in [0.25, 0.3) is 5.65 Å². The summed E-state index contributed by atoms with van der Waals surface area (Å²) in [7, 11) is 1.33. The number of hydrogen-bond acceptors (Lipinski definition) is 7. The molecule has 1 aliphatic heterocycles. The minimum Gasteiger partial charge on any atom is -0.468 e. The van der Waals surface area contributed by atoms with Crippen LogP contribution in [0.1, 0.15) is 79.8 Å². The third-order valence-corrected chi connectivity index (χ3v) is 9.33. The van der Waals surface area contributed by atoms with Gasteiger partial charge in [0.2, 0.25) is 5.91 Å². The van der Waals surface area contributed by atoms with Crippen molar-refractivity contribution in [3.63, 3.8) is 0 Å². The molecule has 0 aromatic carbocycles. The molecule has 1 spiro atoms. The van der Waals surface area contributed by atoms with E-state index >= 15 is 0 Å². The number of aryl methyl sites for hydroxylation is 1. The summed E-state index contributed by atoms with van der Waals surface area (Å²) in [6.07, 6.45) is 10.6. The van der Waals surface area contributed by atoms with Crippen LogP contribution in [0.4, 0.5) is 0 Å². The molecule has 3 aliphatic carbocycles. The molecular weight excluding hydrogens is 510 g/mol. The van der Waals surface area contributed by atoms with Gasteiger partial charge in [0.25, 0.3) is 5.91 Å². The lowest BCUT2D eigenvalue weighted by Crippen LogP contribution is -2.42. The van der Waals surface area contributed by atoms with Crippen molar-refractivity contribution >= 4 is 23.4 Å². The number of fused-ring (bicyclic) bond motifs is 1. The number of hydrogen-bond donors (Lipinski definition) is 2. The first kappa shape index (κ1) is 25.2. The summed E-state index contributed by atoms with van der Waals surface area (Å²) in [5.74, 6) is 0.535. The summed E-state index contributed by atoms with van der Waals surface area (Å²) in [6, 6.07) is 5.20. The highest BCUT2D eigenvalue weighted by atomic mass is 16.5. The van der Waals surface area contributed by atoms with Crippen molar-refractivity contribution in [3.05, 3.63) is 47.7 Å². The van der Waals surface area contributed by atoms with Gasteiger partial charge >= 0.3 is 5.97 Å². The molecule has 1 unspecified atom stereocenters. The Hall–Kier alpha value is -3.76. The van der Waals surface area contributed by atoms with Gasteiger partial charge in [-0.1, -0.05) is 0 Å². The van der Waals surface area contributed by atoms with Gasteiger partial charge in [-0.25, -0.2) is 9.50 Å². The van der Waals surface area contributed by atoms with Crippen molar-refractivity contribution in [2.24, 2.45) is 23.2 Å². The predicted molar refractivity (Wildman–Crippen MR) is 143 cm³/mol. The van der Waals surface area contributed by atoms with Gasteiger partial charge in [-0.15, -0.1) is 0 Å². The summed E-state index contributed by atoms with van der Waals surface area (Å²) >= 11 is 0. The molecule has 11 heteroatoms. The molecule has 3 aromatic rings.